The topological polar surface area (TPSA) is 186 Å². The van der Waals surface area contributed by atoms with Crippen molar-refractivity contribution in [2.75, 3.05) is 16.8 Å². The molecule has 3 aromatic rings. The van der Waals surface area contributed by atoms with E-state index in [0.717, 1.165) is 18.4 Å². The van der Waals surface area contributed by atoms with Gasteiger partial charge in [0, 0.05) is 29.4 Å². The SMILES string of the molecule is CC(C)CS(=O)(=O)c1cc(N)cc(-c2cnc(NC3CC3)c(=O)n2CC(=O)NCc2ccc(C(=N)N)cc2)c1. The summed E-state index contributed by atoms with van der Waals surface area (Å²) < 4.78 is 27.1. The molecule has 0 saturated heterocycles. The van der Waals surface area contributed by atoms with Gasteiger partial charge in [0.1, 0.15) is 12.4 Å². The number of anilines is 2. The summed E-state index contributed by atoms with van der Waals surface area (Å²) in [6.07, 6.45) is 3.31. The second-order valence-corrected chi connectivity index (χ2v) is 12.2. The first-order chi connectivity index (χ1) is 18.4. The molecule has 0 radical (unpaired) electrons. The van der Waals surface area contributed by atoms with E-state index in [1.165, 1.54) is 22.9 Å². The third kappa shape index (κ3) is 7.02. The van der Waals surface area contributed by atoms with Crippen LogP contribution in [0, 0.1) is 11.3 Å². The van der Waals surface area contributed by atoms with Crippen LogP contribution in [0.25, 0.3) is 11.3 Å². The van der Waals surface area contributed by atoms with Crippen molar-refractivity contribution in [2.45, 2.75) is 50.7 Å². The quantitative estimate of drug-likeness (QED) is 0.136. The van der Waals surface area contributed by atoms with Crippen LogP contribution in [0.5, 0.6) is 0 Å². The molecule has 0 spiro atoms. The molecule has 1 amide bonds. The van der Waals surface area contributed by atoms with E-state index < -0.39 is 21.3 Å². The lowest BCUT2D eigenvalue weighted by molar-refractivity contribution is -0.121. The van der Waals surface area contributed by atoms with Crippen molar-refractivity contribution in [3.05, 3.63) is 70.1 Å². The fraction of sp³-hybridized carbons (Fsp3) is 0.333. The Hall–Kier alpha value is -4.19. The molecule has 39 heavy (non-hydrogen) atoms. The molecule has 7 N–H and O–H groups in total. The normalized spacial score (nSPS) is 13.3. The summed E-state index contributed by atoms with van der Waals surface area (Å²) in [5, 5.41) is 13.4. The molecule has 11 nitrogen and oxygen atoms in total. The number of nitrogen functional groups attached to an aromatic ring is 2. The maximum Gasteiger partial charge on any atom is 0.294 e. The molecule has 1 saturated carbocycles. The van der Waals surface area contributed by atoms with Crippen molar-refractivity contribution in [3.8, 4) is 11.3 Å². The molecule has 12 heteroatoms. The second kappa shape index (κ2) is 11.3. The molecule has 4 rings (SSSR count). The number of carbonyl (C=O) groups is 1. The molecule has 1 aromatic heterocycles. The number of hydrogen-bond donors (Lipinski definition) is 5. The minimum atomic E-state index is -3.62. The van der Waals surface area contributed by atoms with Crippen LogP contribution in [0.1, 0.15) is 37.8 Å². The van der Waals surface area contributed by atoms with E-state index in [4.69, 9.17) is 16.9 Å². The molecule has 0 bridgehead atoms. The van der Waals surface area contributed by atoms with Gasteiger partial charge in [-0.1, -0.05) is 38.1 Å². The highest BCUT2D eigenvalue weighted by molar-refractivity contribution is 7.91. The zero-order valence-electron chi connectivity index (χ0n) is 21.9. The van der Waals surface area contributed by atoms with E-state index in [-0.39, 0.29) is 58.7 Å². The van der Waals surface area contributed by atoms with Crippen LogP contribution in [-0.4, -0.2) is 41.5 Å². The van der Waals surface area contributed by atoms with Gasteiger partial charge in [-0.15, -0.1) is 0 Å². The van der Waals surface area contributed by atoms with Gasteiger partial charge in [-0.25, -0.2) is 13.4 Å². The second-order valence-electron chi connectivity index (χ2n) is 10.2. The Bertz CT molecular complexity index is 1560. The number of benzene rings is 2. The molecule has 0 aliphatic heterocycles. The van der Waals surface area contributed by atoms with E-state index in [1.807, 2.05) is 13.8 Å². The minimum Gasteiger partial charge on any atom is -0.399 e. The predicted molar refractivity (Wildman–Crippen MR) is 151 cm³/mol. The van der Waals surface area contributed by atoms with Gasteiger partial charge in [0.05, 0.1) is 22.5 Å². The summed E-state index contributed by atoms with van der Waals surface area (Å²) in [4.78, 5) is 30.7. The van der Waals surface area contributed by atoms with Gasteiger partial charge in [-0.3, -0.25) is 19.6 Å². The average Bonchev–Trinajstić information content (AvgIpc) is 3.68. The van der Waals surface area contributed by atoms with Gasteiger partial charge >= 0.3 is 0 Å². The Kier molecular flexibility index (Phi) is 8.05. The Morgan fingerprint density at radius 1 is 1.18 bits per heavy atom. The molecule has 0 atom stereocenters. The molecule has 0 unspecified atom stereocenters. The van der Waals surface area contributed by atoms with Gasteiger partial charge < -0.3 is 22.1 Å². The van der Waals surface area contributed by atoms with E-state index in [1.54, 1.807) is 30.3 Å². The standard InChI is InChI=1S/C27H33N7O4S/c1-16(2)15-39(37,38)22-10-19(9-20(28)11-22)23-13-32-26(33-21-7-8-21)27(36)34(23)14-24(35)31-12-17-3-5-18(6-4-17)25(29)30/h3-6,9-11,13,16,21H,7-8,12,14-15,28H2,1-2H3,(H3,29,30)(H,31,35)(H,32,33). The summed E-state index contributed by atoms with van der Waals surface area (Å²) in [5.41, 5.74) is 13.3. The Balaban J connectivity index is 1.65. The lowest BCUT2D eigenvalue weighted by Crippen LogP contribution is -2.34. The first-order valence-corrected chi connectivity index (χ1v) is 14.3. The molecular weight excluding hydrogens is 518 g/mol. The first kappa shape index (κ1) is 27.8. The van der Waals surface area contributed by atoms with Gasteiger partial charge in [-0.2, -0.15) is 0 Å². The number of nitrogens with zero attached hydrogens (tertiary/aromatic N) is 2. The van der Waals surface area contributed by atoms with E-state index in [9.17, 15) is 18.0 Å². The number of nitrogens with two attached hydrogens (primary N) is 2. The molecule has 1 aliphatic carbocycles. The zero-order valence-corrected chi connectivity index (χ0v) is 22.7. The molecular formula is C27H33N7O4S. The monoisotopic (exact) mass is 551 g/mol. The van der Waals surface area contributed by atoms with Crippen molar-refractivity contribution in [3.63, 3.8) is 0 Å². The smallest absolute Gasteiger partial charge is 0.294 e. The highest BCUT2D eigenvalue weighted by atomic mass is 32.2. The van der Waals surface area contributed by atoms with Crippen LogP contribution in [0.4, 0.5) is 11.5 Å². The molecule has 1 aliphatic rings. The number of rotatable bonds is 11. The molecule has 2 aromatic carbocycles. The van der Waals surface area contributed by atoms with Crippen LogP contribution in [0.15, 0.2) is 58.4 Å². The van der Waals surface area contributed by atoms with Crippen LogP contribution >= 0.6 is 0 Å². The predicted octanol–water partition coefficient (Wildman–Crippen LogP) is 2.10. The van der Waals surface area contributed by atoms with E-state index in [0.29, 0.717) is 11.1 Å². The Morgan fingerprint density at radius 2 is 1.87 bits per heavy atom. The van der Waals surface area contributed by atoms with Gasteiger partial charge in [0.25, 0.3) is 5.56 Å². The van der Waals surface area contributed by atoms with Crippen LogP contribution in [0.2, 0.25) is 0 Å². The third-order valence-electron chi connectivity index (χ3n) is 6.17. The van der Waals surface area contributed by atoms with Crippen LogP contribution in [0.3, 0.4) is 0 Å². The summed E-state index contributed by atoms with van der Waals surface area (Å²) >= 11 is 0. The summed E-state index contributed by atoms with van der Waals surface area (Å²) in [6, 6.07) is 11.5. The maximum atomic E-state index is 13.4. The molecule has 206 valence electrons. The number of hydrogen-bond acceptors (Lipinski definition) is 8. The lowest BCUT2D eigenvalue weighted by Gasteiger charge is -2.16. The number of aromatic nitrogens is 2. The maximum absolute atomic E-state index is 13.4. The zero-order chi connectivity index (χ0) is 28.3. The molecule has 1 fully saturated rings. The highest BCUT2D eigenvalue weighted by Gasteiger charge is 2.25. The molecule has 1 heterocycles. The van der Waals surface area contributed by atoms with Crippen molar-refractivity contribution >= 4 is 33.1 Å². The third-order valence-corrected chi connectivity index (χ3v) is 8.22. The lowest BCUT2D eigenvalue weighted by atomic mass is 10.1. The van der Waals surface area contributed by atoms with Crippen molar-refractivity contribution in [2.24, 2.45) is 11.7 Å². The van der Waals surface area contributed by atoms with Gasteiger partial charge in [0.2, 0.25) is 5.91 Å². The fourth-order valence-corrected chi connectivity index (χ4v) is 5.77. The number of sulfone groups is 1. The van der Waals surface area contributed by atoms with Crippen molar-refractivity contribution in [1.82, 2.24) is 14.9 Å². The Labute approximate surface area is 227 Å². The number of nitrogens with one attached hydrogen (secondary N) is 3. The number of amides is 1. The van der Waals surface area contributed by atoms with Gasteiger partial charge in [-0.05, 0) is 42.5 Å². The van der Waals surface area contributed by atoms with E-state index >= 15 is 0 Å². The minimum absolute atomic E-state index is 0.0452. The summed E-state index contributed by atoms with van der Waals surface area (Å²) in [5.74, 6) is -0.483. The summed E-state index contributed by atoms with van der Waals surface area (Å²) in [7, 11) is -3.62. The van der Waals surface area contributed by atoms with Crippen LogP contribution < -0.4 is 27.7 Å². The fourth-order valence-electron chi connectivity index (χ4n) is 4.08. The highest BCUT2D eigenvalue weighted by Crippen LogP contribution is 2.28. The van der Waals surface area contributed by atoms with E-state index in [2.05, 4.69) is 15.6 Å². The number of amidine groups is 1. The largest absolute Gasteiger partial charge is 0.399 e. The van der Waals surface area contributed by atoms with Crippen molar-refractivity contribution < 1.29 is 13.2 Å². The first-order valence-electron chi connectivity index (χ1n) is 12.6. The van der Waals surface area contributed by atoms with Crippen LogP contribution in [-0.2, 0) is 27.7 Å². The number of carbonyl (C=O) groups excluding carboxylic acids is 1. The average molecular weight is 552 g/mol. The summed E-state index contributed by atoms with van der Waals surface area (Å²) in [6.45, 7) is 3.52. The Morgan fingerprint density at radius 3 is 2.49 bits per heavy atom. The van der Waals surface area contributed by atoms with Gasteiger partial charge in [0.15, 0.2) is 15.7 Å². The van der Waals surface area contributed by atoms with Crippen molar-refractivity contribution in [1.29, 1.82) is 5.41 Å².